The summed E-state index contributed by atoms with van der Waals surface area (Å²) >= 11 is 0. The van der Waals surface area contributed by atoms with Crippen LogP contribution in [0.3, 0.4) is 0 Å². The van der Waals surface area contributed by atoms with Crippen molar-refractivity contribution in [1.82, 2.24) is 15.1 Å². The molecule has 1 aromatic carbocycles. The van der Waals surface area contributed by atoms with E-state index < -0.39 is 10.0 Å². The lowest BCUT2D eigenvalue weighted by atomic mass is 10.2. The Morgan fingerprint density at radius 2 is 1.92 bits per heavy atom. The summed E-state index contributed by atoms with van der Waals surface area (Å²) in [6.45, 7) is 3.98. The maximum absolute atomic E-state index is 13.0. The molecule has 0 fully saturated rings. The van der Waals surface area contributed by atoms with Crippen molar-refractivity contribution >= 4 is 15.9 Å². The number of rotatable bonds is 7. The van der Waals surface area contributed by atoms with Crippen molar-refractivity contribution in [3.8, 4) is 5.69 Å². The highest BCUT2D eigenvalue weighted by Gasteiger charge is 2.14. The third-order valence-electron chi connectivity index (χ3n) is 3.81. The molecule has 0 aliphatic rings. The maximum Gasteiger partial charge on any atom is 0.220 e. The standard InChI is InChI=1S/C16H21FN4O3S/c1-11-15(10-19-16(22)4-3-9-25(18,23)24)12(2)21(20-11)14-7-5-13(17)6-8-14/h5-8H,3-4,9-10H2,1-2H3,(H,19,22)(H2,18,23,24). The van der Waals surface area contributed by atoms with Gasteiger partial charge in [-0.05, 0) is 44.5 Å². The highest BCUT2D eigenvalue weighted by Crippen LogP contribution is 2.18. The zero-order chi connectivity index (χ0) is 18.6. The minimum atomic E-state index is -3.55. The van der Waals surface area contributed by atoms with Gasteiger partial charge in [0.1, 0.15) is 5.82 Å². The van der Waals surface area contributed by atoms with Crippen molar-refractivity contribution in [2.75, 3.05) is 5.75 Å². The van der Waals surface area contributed by atoms with Gasteiger partial charge in [-0.15, -0.1) is 0 Å². The number of nitrogens with one attached hydrogen (secondary N) is 1. The van der Waals surface area contributed by atoms with Crippen LogP contribution in [-0.2, 0) is 21.4 Å². The van der Waals surface area contributed by atoms with E-state index in [1.54, 1.807) is 16.8 Å². The van der Waals surface area contributed by atoms with Gasteiger partial charge in [0, 0.05) is 24.2 Å². The predicted molar refractivity (Wildman–Crippen MR) is 92.1 cm³/mol. The van der Waals surface area contributed by atoms with Gasteiger partial charge in [-0.25, -0.2) is 22.6 Å². The van der Waals surface area contributed by atoms with Crippen LogP contribution in [0.4, 0.5) is 4.39 Å². The van der Waals surface area contributed by atoms with Crippen molar-refractivity contribution < 1.29 is 17.6 Å². The van der Waals surface area contributed by atoms with E-state index in [-0.39, 0.29) is 36.9 Å². The summed E-state index contributed by atoms with van der Waals surface area (Å²) in [7, 11) is -3.55. The summed E-state index contributed by atoms with van der Waals surface area (Å²) in [4.78, 5) is 11.8. The molecule has 0 spiro atoms. The van der Waals surface area contributed by atoms with Gasteiger partial charge in [-0.1, -0.05) is 0 Å². The molecule has 0 radical (unpaired) electrons. The molecule has 9 heteroatoms. The molecule has 0 bridgehead atoms. The lowest BCUT2D eigenvalue weighted by Gasteiger charge is -2.07. The lowest BCUT2D eigenvalue weighted by Crippen LogP contribution is -2.24. The highest BCUT2D eigenvalue weighted by molar-refractivity contribution is 7.89. The summed E-state index contributed by atoms with van der Waals surface area (Å²) in [5.41, 5.74) is 3.19. The summed E-state index contributed by atoms with van der Waals surface area (Å²) < 4.78 is 36.4. The van der Waals surface area contributed by atoms with Crippen LogP contribution in [0.5, 0.6) is 0 Å². The molecule has 0 saturated heterocycles. The van der Waals surface area contributed by atoms with Crippen LogP contribution >= 0.6 is 0 Å². The normalized spacial score (nSPS) is 11.5. The summed E-state index contributed by atoms with van der Waals surface area (Å²) in [5.74, 6) is -0.796. The predicted octanol–water partition coefficient (Wildman–Crippen LogP) is 1.31. The van der Waals surface area contributed by atoms with Gasteiger partial charge in [-0.3, -0.25) is 4.79 Å². The first-order valence-electron chi connectivity index (χ1n) is 7.75. The quantitative estimate of drug-likeness (QED) is 0.768. The summed E-state index contributed by atoms with van der Waals surface area (Å²) in [5, 5.41) is 12.1. The van der Waals surface area contributed by atoms with Crippen molar-refractivity contribution in [2.24, 2.45) is 5.14 Å². The zero-order valence-electron chi connectivity index (χ0n) is 14.1. The second-order valence-corrected chi connectivity index (χ2v) is 7.52. The number of benzene rings is 1. The van der Waals surface area contributed by atoms with E-state index in [0.29, 0.717) is 0 Å². The topological polar surface area (TPSA) is 107 Å². The molecule has 0 unspecified atom stereocenters. The molecule has 2 rings (SSSR count). The first-order chi connectivity index (χ1) is 11.7. The van der Waals surface area contributed by atoms with Crippen LogP contribution in [0.15, 0.2) is 24.3 Å². The van der Waals surface area contributed by atoms with E-state index in [0.717, 1.165) is 22.6 Å². The Labute approximate surface area is 146 Å². The third kappa shape index (κ3) is 5.36. The van der Waals surface area contributed by atoms with Crippen LogP contribution in [0, 0.1) is 19.7 Å². The van der Waals surface area contributed by atoms with Crippen LogP contribution in [0.2, 0.25) is 0 Å². The fourth-order valence-corrected chi connectivity index (χ4v) is 3.02. The number of nitrogens with zero attached hydrogens (tertiary/aromatic N) is 2. The van der Waals surface area contributed by atoms with Crippen LogP contribution in [0.25, 0.3) is 5.69 Å². The first kappa shape index (κ1) is 19.1. The third-order valence-corrected chi connectivity index (χ3v) is 4.67. The smallest absolute Gasteiger partial charge is 0.220 e. The number of sulfonamides is 1. The molecule has 1 amide bonds. The van der Waals surface area contributed by atoms with Crippen molar-refractivity contribution in [2.45, 2.75) is 33.2 Å². The molecular formula is C16H21FN4O3S. The lowest BCUT2D eigenvalue weighted by molar-refractivity contribution is -0.121. The molecule has 1 heterocycles. The summed E-state index contributed by atoms with van der Waals surface area (Å²) in [6.07, 6.45) is 0.262. The minimum Gasteiger partial charge on any atom is -0.352 e. The van der Waals surface area contributed by atoms with Crippen LogP contribution in [-0.4, -0.2) is 29.9 Å². The Balaban J connectivity index is 2.01. The van der Waals surface area contributed by atoms with Crippen LogP contribution in [0.1, 0.15) is 29.8 Å². The van der Waals surface area contributed by atoms with E-state index in [1.807, 2.05) is 13.8 Å². The second kappa shape index (κ2) is 7.75. The van der Waals surface area contributed by atoms with E-state index in [2.05, 4.69) is 10.4 Å². The molecule has 0 saturated carbocycles. The summed E-state index contributed by atoms with van der Waals surface area (Å²) in [6, 6.07) is 5.98. The Bertz CT molecular complexity index is 860. The average Bonchev–Trinajstić information content (AvgIpc) is 2.79. The number of halogens is 1. The SMILES string of the molecule is Cc1nn(-c2ccc(F)cc2)c(C)c1CNC(=O)CCCS(N)(=O)=O. The monoisotopic (exact) mass is 368 g/mol. The zero-order valence-corrected chi connectivity index (χ0v) is 14.9. The number of nitrogens with two attached hydrogens (primary N) is 1. The number of carbonyl (C=O) groups is 1. The number of aryl methyl sites for hydroxylation is 1. The Kier molecular flexibility index (Phi) is 5.91. The van der Waals surface area contributed by atoms with E-state index in [9.17, 15) is 17.6 Å². The van der Waals surface area contributed by atoms with Gasteiger partial charge >= 0.3 is 0 Å². The Morgan fingerprint density at radius 1 is 1.28 bits per heavy atom. The number of primary sulfonamides is 1. The molecule has 0 atom stereocenters. The van der Waals surface area contributed by atoms with Crippen molar-refractivity contribution in [1.29, 1.82) is 0 Å². The number of aromatic nitrogens is 2. The Hall–Kier alpha value is -2.26. The molecule has 136 valence electrons. The van der Waals surface area contributed by atoms with Gasteiger partial charge in [0.05, 0.1) is 17.1 Å². The van der Waals surface area contributed by atoms with Gasteiger partial charge in [-0.2, -0.15) is 5.10 Å². The molecule has 25 heavy (non-hydrogen) atoms. The first-order valence-corrected chi connectivity index (χ1v) is 9.47. The van der Waals surface area contributed by atoms with Crippen LogP contribution < -0.4 is 10.5 Å². The maximum atomic E-state index is 13.0. The molecule has 3 N–H and O–H groups in total. The molecule has 0 aliphatic carbocycles. The Morgan fingerprint density at radius 3 is 2.52 bits per heavy atom. The molecular weight excluding hydrogens is 347 g/mol. The fourth-order valence-electron chi connectivity index (χ4n) is 2.47. The van der Waals surface area contributed by atoms with Gasteiger partial charge < -0.3 is 5.32 Å². The van der Waals surface area contributed by atoms with Gasteiger partial charge in [0.2, 0.25) is 15.9 Å². The largest absolute Gasteiger partial charge is 0.352 e. The molecule has 2 aromatic rings. The van der Waals surface area contributed by atoms with Gasteiger partial charge in [0.15, 0.2) is 0 Å². The molecule has 1 aromatic heterocycles. The molecule has 0 aliphatic heterocycles. The van der Waals surface area contributed by atoms with E-state index in [4.69, 9.17) is 5.14 Å². The van der Waals surface area contributed by atoms with Crippen molar-refractivity contribution in [3.05, 3.63) is 47.0 Å². The number of hydrogen-bond donors (Lipinski definition) is 2. The van der Waals surface area contributed by atoms with Crippen molar-refractivity contribution in [3.63, 3.8) is 0 Å². The average molecular weight is 368 g/mol. The second-order valence-electron chi connectivity index (χ2n) is 5.78. The van der Waals surface area contributed by atoms with Gasteiger partial charge in [0.25, 0.3) is 0 Å². The molecule has 7 nitrogen and oxygen atoms in total. The van der Waals surface area contributed by atoms with E-state index >= 15 is 0 Å². The minimum absolute atomic E-state index is 0.0840. The fraction of sp³-hybridized carbons (Fsp3) is 0.375. The number of amides is 1. The highest BCUT2D eigenvalue weighted by atomic mass is 32.2. The number of carbonyl (C=O) groups excluding carboxylic acids is 1. The van der Waals surface area contributed by atoms with E-state index in [1.165, 1.54) is 12.1 Å². The number of hydrogen-bond acceptors (Lipinski definition) is 4.